The number of aromatic nitrogens is 2. The van der Waals surface area contributed by atoms with Crippen LogP contribution in [-0.4, -0.2) is 18.4 Å². The zero-order valence-corrected chi connectivity index (χ0v) is 18.2. The van der Waals surface area contributed by atoms with Crippen LogP contribution in [0.2, 0.25) is 5.02 Å². The van der Waals surface area contributed by atoms with Crippen LogP contribution in [0.5, 0.6) is 11.6 Å². The van der Waals surface area contributed by atoms with Gasteiger partial charge >= 0.3 is 0 Å². The number of ether oxygens (including phenoxy) is 1. The number of pyridine rings is 2. The zero-order chi connectivity index (χ0) is 21.2. The largest absolute Gasteiger partial charge is 0.435 e. The molecule has 2 heterocycles. The SMILES string of the molecule is Cc1ncccc1Oc1ncc(Cl)cc1NS(=O)(=O)c1ccc(C(C)(C)C)cc1. The van der Waals surface area contributed by atoms with Crippen LogP contribution in [0.1, 0.15) is 32.0 Å². The van der Waals surface area contributed by atoms with E-state index in [0.717, 1.165) is 5.56 Å². The molecule has 0 aliphatic rings. The summed E-state index contributed by atoms with van der Waals surface area (Å²) in [6, 6.07) is 11.7. The lowest BCUT2D eigenvalue weighted by Gasteiger charge is -2.19. The number of nitrogens with one attached hydrogen (secondary N) is 1. The second kappa shape index (κ2) is 8.00. The topological polar surface area (TPSA) is 81.2 Å². The number of hydrogen-bond acceptors (Lipinski definition) is 5. The van der Waals surface area contributed by atoms with Gasteiger partial charge in [0.1, 0.15) is 5.69 Å². The molecule has 1 aromatic carbocycles. The summed E-state index contributed by atoms with van der Waals surface area (Å²) < 4.78 is 34.1. The van der Waals surface area contributed by atoms with Crippen LogP contribution in [0.4, 0.5) is 5.69 Å². The molecule has 6 nitrogen and oxygen atoms in total. The highest BCUT2D eigenvalue weighted by molar-refractivity contribution is 7.92. The van der Waals surface area contributed by atoms with Crippen molar-refractivity contribution in [1.29, 1.82) is 0 Å². The first-order valence-corrected chi connectivity index (χ1v) is 10.8. The molecule has 0 spiro atoms. The lowest BCUT2D eigenvalue weighted by Crippen LogP contribution is -2.15. The molecule has 0 unspecified atom stereocenters. The van der Waals surface area contributed by atoms with Crippen LogP contribution >= 0.6 is 11.6 Å². The first-order valence-electron chi connectivity index (χ1n) is 8.95. The molecule has 152 valence electrons. The van der Waals surface area contributed by atoms with Crippen molar-refractivity contribution in [3.05, 3.63) is 71.1 Å². The van der Waals surface area contributed by atoms with Crippen molar-refractivity contribution < 1.29 is 13.2 Å². The predicted molar refractivity (Wildman–Crippen MR) is 114 cm³/mol. The highest BCUT2D eigenvalue weighted by atomic mass is 35.5. The molecular weight excluding hydrogens is 410 g/mol. The van der Waals surface area contributed by atoms with Gasteiger partial charge in [-0.2, -0.15) is 0 Å². The molecule has 0 bridgehead atoms. The van der Waals surface area contributed by atoms with Gasteiger partial charge in [-0.1, -0.05) is 44.5 Å². The van der Waals surface area contributed by atoms with E-state index in [1.807, 2.05) is 0 Å². The van der Waals surface area contributed by atoms with E-state index in [1.165, 1.54) is 12.3 Å². The maximum absolute atomic E-state index is 12.9. The summed E-state index contributed by atoms with van der Waals surface area (Å²) >= 11 is 6.03. The van der Waals surface area contributed by atoms with E-state index in [2.05, 4.69) is 35.5 Å². The zero-order valence-electron chi connectivity index (χ0n) is 16.6. The summed E-state index contributed by atoms with van der Waals surface area (Å²) in [5, 5.41) is 0.279. The molecule has 0 amide bonds. The highest BCUT2D eigenvalue weighted by Crippen LogP contribution is 2.32. The maximum Gasteiger partial charge on any atom is 0.262 e. The second-order valence-corrected chi connectivity index (χ2v) is 9.69. The normalized spacial score (nSPS) is 11.9. The Morgan fingerprint density at radius 2 is 1.76 bits per heavy atom. The predicted octanol–water partition coefficient (Wildman–Crippen LogP) is 5.33. The van der Waals surface area contributed by atoms with Crippen molar-refractivity contribution >= 4 is 27.3 Å². The number of aryl methyl sites for hydroxylation is 1. The van der Waals surface area contributed by atoms with Gasteiger partial charge in [-0.05, 0) is 48.2 Å². The second-order valence-electron chi connectivity index (χ2n) is 7.58. The van der Waals surface area contributed by atoms with E-state index < -0.39 is 10.0 Å². The van der Waals surface area contributed by atoms with Crippen LogP contribution in [0.15, 0.2) is 59.8 Å². The molecular formula is C21H22ClN3O3S. The van der Waals surface area contributed by atoms with Crippen LogP contribution in [0, 0.1) is 6.92 Å². The third-order valence-corrected chi connectivity index (χ3v) is 5.85. The van der Waals surface area contributed by atoms with Gasteiger partial charge in [0, 0.05) is 12.4 Å². The van der Waals surface area contributed by atoms with Crippen LogP contribution in [-0.2, 0) is 15.4 Å². The van der Waals surface area contributed by atoms with Gasteiger partial charge < -0.3 is 4.74 Å². The number of sulfonamides is 1. The van der Waals surface area contributed by atoms with Gasteiger partial charge in [0.2, 0.25) is 5.88 Å². The average molecular weight is 432 g/mol. The molecule has 0 fully saturated rings. The van der Waals surface area contributed by atoms with Gasteiger partial charge in [-0.15, -0.1) is 0 Å². The van der Waals surface area contributed by atoms with E-state index in [0.29, 0.717) is 11.4 Å². The fourth-order valence-electron chi connectivity index (χ4n) is 2.60. The molecule has 0 aliphatic carbocycles. The Morgan fingerprint density at radius 3 is 2.38 bits per heavy atom. The molecule has 0 saturated heterocycles. The number of rotatable bonds is 5. The first kappa shape index (κ1) is 21.1. The van der Waals surface area contributed by atoms with E-state index >= 15 is 0 Å². The molecule has 29 heavy (non-hydrogen) atoms. The number of halogens is 1. The molecule has 0 atom stereocenters. The minimum atomic E-state index is -3.86. The third kappa shape index (κ3) is 5.05. The minimum absolute atomic E-state index is 0.0742. The van der Waals surface area contributed by atoms with Crippen molar-refractivity contribution in [3.63, 3.8) is 0 Å². The standard InChI is InChI=1S/C21H22ClN3O3S/c1-14-19(6-5-11-23-14)28-20-18(12-16(22)13-24-20)25-29(26,27)17-9-7-15(8-10-17)21(2,3)4/h5-13,25H,1-4H3. The quantitative estimate of drug-likeness (QED) is 0.590. The molecule has 1 N–H and O–H groups in total. The Hall–Kier alpha value is -2.64. The molecule has 3 aromatic rings. The van der Waals surface area contributed by atoms with Crippen molar-refractivity contribution in [2.24, 2.45) is 0 Å². The summed E-state index contributed by atoms with van der Waals surface area (Å²) in [5.74, 6) is 0.553. The highest BCUT2D eigenvalue weighted by Gasteiger charge is 2.20. The lowest BCUT2D eigenvalue weighted by molar-refractivity contribution is 0.459. The fraction of sp³-hybridized carbons (Fsp3) is 0.238. The number of hydrogen-bond donors (Lipinski definition) is 1. The number of benzene rings is 1. The Balaban J connectivity index is 1.92. The fourth-order valence-corrected chi connectivity index (χ4v) is 3.81. The van der Waals surface area contributed by atoms with E-state index in [9.17, 15) is 8.42 Å². The summed E-state index contributed by atoms with van der Waals surface area (Å²) in [6.07, 6.45) is 3.03. The van der Waals surface area contributed by atoms with E-state index in [4.69, 9.17) is 16.3 Å². The number of nitrogens with zero attached hydrogens (tertiary/aromatic N) is 2. The Bertz CT molecular complexity index is 1120. The minimum Gasteiger partial charge on any atom is -0.435 e. The molecule has 0 saturated carbocycles. The van der Waals surface area contributed by atoms with Gasteiger partial charge in [-0.25, -0.2) is 13.4 Å². The summed E-state index contributed by atoms with van der Waals surface area (Å²) in [4.78, 5) is 8.42. The summed E-state index contributed by atoms with van der Waals surface area (Å²) in [6.45, 7) is 7.98. The van der Waals surface area contributed by atoms with Gasteiger partial charge in [0.15, 0.2) is 5.75 Å². The molecule has 3 rings (SSSR count). The smallest absolute Gasteiger partial charge is 0.262 e. The summed E-state index contributed by atoms with van der Waals surface area (Å²) in [7, 11) is -3.86. The molecule has 0 aliphatic heterocycles. The molecule has 0 radical (unpaired) electrons. The Labute approximate surface area is 176 Å². The summed E-state index contributed by atoms with van der Waals surface area (Å²) in [5.41, 5.74) is 1.75. The van der Waals surface area contributed by atoms with Crippen molar-refractivity contribution in [3.8, 4) is 11.6 Å². The van der Waals surface area contributed by atoms with Crippen molar-refractivity contribution in [1.82, 2.24) is 9.97 Å². The first-order chi connectivity index (χ1) is 13.6. The molecule has 2 aromatic heterocycles. The van der Waals surface area contributed by atoms with Crippen LogP contribution in [0.3, 0.4) is 0 Å². The van der Waals surface area contributed by atoms with Crippen LogP contribution < -0.4 is 9.46 Å². The average Bonchev–Trinajstić information content (AvgIpc) is 2.65. The molecule has 8 heteroatoms. The lowest BCUT2D eigenvalue weighted by atomic mass is 9.87. The Morgan fingerprint density at radius 1 is 1.07 bits per heavy atom. The van der Waals surface area contributed by atoms with Crippen molar-refractivity contribution in [2.45, 2.75) is 38.0 Å². The monoisotopic (exact) mass is 431 g/mol. The van der Waals surface area contributed by atoms with Gasteiger partial charge in [0.05, 0.1) is 15.6 Å². The van der Waals surface area contributed by atoms with Crippen molar-refractivity contribution in [2.75, 3.05) is 4.72 Å². The number of anilines is 1. The Kier molecular flexibility index (Phi) is 5.82. The van der Waals surface area contributed by atoms with E-state index in [-0.39, 0.29) is 26.9 Å². The van der Waals surface area contributed by atoms with E-state index in [1.54, 1.807) is 49.5 Å². The third-order valence-electron chi connectivity index (χ3n) is 4.26. The maximum atomic E-state index is 12.9. The van der Waals surface area contributed by atoms with Gasteiger partial charge in [-0.3, -0.25) is 9.71 Å². The van der Waals surface area contributed by atoms with Crippen LogP contribution in [0.25, 0.3) is 0 Å². The van der Waals surface area contributed by atoms with Gasteiger partial charge in [0.25, 0.3) is 10.0 Å².